The molecule has 0 bridgehead atoms. The van der Waals surface area contributed by atoms with Gasteiger partial charge in [-0.15, -0.1) is 0 Å². The van der Waals surface area contributed by atoms with Crippen LogP contribution in [0.15, 0.2) is 24.3 Å². The van der Waals surface area contributed by atoms with Crippen molar-refractivity contribution in [3.63, 3.8) is 0 Å². The van der Waals surface area contributed by atoms with Crippen molar-refractivity contribution in [2.75, 3.05) is 31.9 Å². The molecule has 0 radical (unpaired) electrons. The van der Waals surface area contributed by atoms with Gasteiger partial charge in [0, 0.05) is 24.8 Å². The summed E-state index contributed by atoms with van der Waals surface area (Å²) < 4.78 is 0. The highest BCUT2D eigenvalue weighted by atomic mass is 15.2. The van der Waals surface area contributed by atoms with Crippen LogP contribution in [0.3, 0.4) is 0 Å². The topological polar surface area (TPSA) is 41.3 Å². The minimum absolute atomic E-state index is 0.569. The molecule has 0 spiro atoms. The summed E-state index contributed by atoms with van der Waals surface area (Å²) in [6.07, 6.45) is 2.29. The molecule has 1 heterocycles. The van der Waals surface area contributed by atoms with Crippen molar-refractivity contribution >= 4 is 5.69 Å². The van der Waals surface area contributed by atoms with Crippen LogP contribution in [0.5, 0.6) is 0 Å². The first-order valence-electron chi connectivity index (χ1n) is 6.55. The lowest BCUT2D eigenvalue weighted by molar-refractivity contribution is 0.222. The van der Waals surface area contributed by atoms with E-state index in [0.29, 0.717) is 6.04 Å². The van der Waals surface area contributed by atoms with Gasteiger partial charge in [-0.25, -0.2) is 0 Å². The van der Waals surface area contributed by atoms with E-state index in [4.69, 9.17) is 5.73 Å². The Morgan fingerprint density at radius 3 is 2.94 bits per heavy atom. The van der Waals surface area contributed by atoms with Crippen LogP contribution >= 0.6 is 0 Å². The highest BCUT2D eigenvalue weighted by Crippen LogP contribution is 2.15. The maximum atomic E-state index is 6.00. The van der Waals surface area contributed by atoms with Crippen LogP contribution in [0.2, 0.25) is 0 Å². The zero-order chi connectivity index (χ0) is 12.1. The second-order valence-corrected chi connectivity index (χ2v) is 4.89. The molecule has 1 aromatic carbocycles. The maximum Gasteiger partial charge on any atom is 0.0347 e. The van der Waals surface area contributed by atoms with E-state index in [-0.39, 0.29) is 0 Å². The van der Waals surface area contributed by atoms with Gasteiger partial charge in [0.2, 0.25) is 0 Å². The van der Waals surface area contributed by atoms with E-state index < -0.39 is 0 Å². The average Bonchev–Trinajstić information content (AvgIpc) is 2.61. The molecule has 17 heavy (non-hydrogen) atoms. The first-order chi connectivity index (χ1) is 8.27. The summed E-state index contributed by atoms with van der Waals surface area (Å²) in [4.78, 5) is 2.56. The van der Waals surface area contributed by atoms with E-state index in [1.54, 1.807) is 0 Å². The molecule has 1 saturated heterocycles. The number of benzene rings is 1. The van der Waals surface area contributed by atoms with Gasteiger partial charge in [0.05, 0.1) is 0 Å². The number of anilines is 1. The first-order valence-corrected chi connectivity index (χ1v) is 6.55. The Balaban J connectivity index is 1.95. The van der Waals surface area contributed by atoms with Crippen molar-refractivity contribution in [3.05, 3.63) is 29.8 Å². The molecule has 3 heteroatoms. The average molecular weight is 233 g/mol. The Hall–Kier alpha value is -1.06. The molecular formula is C14H23N3. The lowest BCUT2D eigenvalue weighted by atomic mass is 10.0. The van der Waals surface area contributed by atoms with Gasteiger partial charge < -0.3 is 11.1 Å². The monoisotopic (exact) mass is 233 g/mol. The maximum absolute atomic E-state index is 6.00. The zero-order valence-corrected chi connectivity index (χ0v) is 10.7. The number of rotatable bonds is 3. The van der Waals surface area contributed by atoms with Gasteiger partial charge in [-0.2, -0.15) is 0 Å². The fourth-order valence-corrected chi connectivity index (χ4v) is 2.47. The predicted molar refractivity (Wildman–Crippen MR) is 73.1 cm³/mol. The molecule has 1 aliphatic heterocycles. The van der Waals surface area contributed by atoms with E-state index in [1.807, 2.05) is 12.1 Å². The first kappa shape index (κ1) is 12.4. The Morgan fingerprint density at radius 1 is 1.29 bits per heavy atom. The molecule has 94 valence electrons. The summed E-state index contributed by atoms with van der Waals surface area (Å²) in [5, 5.41) is 3.44. The van der Waals surface area contributed by atoms with Crippen molar-refractivity contribution in [2.24, 2.45) is 0 Å². The lowest BCUT2D eigenvalue weighted by Gasteiger charge is -2.27. The lowest BCUT2D eigenvalue weighted by Crippen LogP contribution is -2.37. The van der Waals surface area contributed by atoms with Gasteiger partial charge in [-0.1, -0.05) is 18.2 Å². The number of nitrogens with two attached hydrogens (primary N) is 1. The number of nitrogens with zero attached hydrogens (tertiary/aromatic N) is 1. The van der Waals surface area contributed by atoms with Crippen molar-refractivity contribution in [2.45, 2.75) is 25.8 Å². The summed E-state index contributed by atoms with van der Waals surface area (Å²) in [5.74, 6) is 0. The van der Waals surface area contributed by atoms with E-state index in [2.05, 4.69) is 29.3 Å². The third kappa shape index (κ3) is 3.45. The van der Waals surface area contributed by atoms with Gasteiger partial charge in [-0.3, -0.25) is 4.90 Å². The number of hydrogen-bond donors (Lipinski definition) is 2. The van der Waals surface area contributed by atoms with Gasteiger partial charge in [0.1, 0.15) is 0 Å². The zero-order valence-electron chi connectivity index (χ0n) is 10.7. The van der Waals surface area contributed by atoms with Gasteiger partial charge >= 0.3 is 0 Å². The molecule has 1 atom stereocenters. The van der Waals surface area contributed by atoms with Gasteiger partial charge in [-0.05, 0) is 44.5 Å². The SMILES string of the molecule is CC(Cc1ccccc1N)N1CCCNCC1. The third-order valence-corrected chi connectivity index (χ3v) is 3.57. The molecule has 1 aliphatic rings. The largest absolute Gasteiger partial charge is 0.399 e. The Bertz CT molecular complexity index is 343. The smallest absolute Gasteiger partial charge is 0.0347 e. The minimum atomic E-state index is 0.569. The van der Waals surface area contributed by atoms with E-state index >= 15 is 0 Å². The fraction of sp³-hybridized carbons (Fsp3) is 0.571. The summed E-state index contributed by atoms with van der Waals surface area (Å²) >= 11 is 0. The van der Waals surface area contributed by atoms with E-state index in [9.17, 15) is 0 Å². The molecule has 3 nitrogen and oxygen atoms in total. The highest BCUT2D eigenvalue weighted by Gasteiger charge is 2.16. The van der Waals surface area contributed by atoms with E-state index in [1.165, 1.54) is 18.5 Å². The molecule has 1 fully saturated rings. The quantitative estimate of drug-likeness (QED) is 0.777. The van der Waals surface area contributed by atoms with Crippen molar-refractivity contribution < 1.29 is 0 Å². The second-order valence-electron chi connectivity index (χ2n) is 4.89. The van der Waals surface area contributed by atoms with Crippen molar-refractivity contribution in [3.8, 4) is 0 Å². The molecule has 1 unspecified atom stereocenters. The van der Waals surface area contributed by atoms with Gasteiger partial charge in [0.15, 0.2) is 0 Å². The molecule has 0 amide bonds. The van der Waals surface area contributed by atoms with Crippen LogP contribution in [0, 0.1) is 0 Å². The van der Waals surface area contributed by atoms with Crippen LogP contribution in [-0.2, 0) is 6.42 Å². The molecule has 0 aliphatic carbocycles. The number of nitrogen functional groups attached to an aromatic ring is 1. The number of para-hydroxylation sites is 1. The van der Waals surface area contributed by atoms with Crippen molar-refractivity contribution in [1.29, 1.82) is 0 Å². The van der Waals surface area contributed by atoms with Crippen LogP contribution in [0.4, 0.5) is 5.69 Å². The molecule has 3 N–H and O–H groups in total. The second kappa shape index (κ2) is 6.03. The summed E-state index contributed by atoms with van der Waals surface area (Å²) in [6.45, 7) is 6.90. The van der Waals surface area contributed by atoms with Crippen LogP contribution in [-0.4, -0.2) is 37.1 Å². The Labute approximate surface area is 104 Å². The third-order valence-electron chi connectivity index (χ3n) is 3.57. The van der Waals surface area contributed by atoms with Crippen LogP contribution < -0.4 is 11.1 Å². The highest BCUT2D eigenvalue weighted by molar-refractivity contribution is 5.46. The predicted octanol–water partition coefficient (Wildman–Crippen LogP) is 1.50. The van der Waals surface area contributed by atoms with Crippen LogP contribution in [0.25, 0.3) is 0 Å². The fourth-order valence-electron chi connectivity index (χ4n) is 2.47. The van der Waals surface area contributed by atoms with E-state index in [0.717, 1.165) is 31.7 Å². The molecule has 1 aromatic rings. The summed E-state index contributed by atoms with van der Waals surface area (Å²) in [6, 6.07) is 8.77. The minimum Gasteiger partial charge on any atom is -0.399 e. The van der Waals surface area contributed by atoms with Gasteiger partial charge in [0.25, 0.3) is 0 Å². The van der Waals surface area contributed by atoms with Crippen molar-refractivity contribution in [1.82, 2.24) is 10.2 Å². The summed E-state index contributed by atoms with van der Waals surface area (Å²) in [5.41, 5.74) is 8.20. The normalized spacial score (nSPS) is 19.8. The Morgan fingerprint density at radius 2 is 2.12 bits per heavy atom. The van der Waals surface area contributed by atoms with Crippen LogP contribution in [0.1, 0.15) is 18.9 Å². The summed E-state index contributed by atoms with van der Waals surface area (Å²) in [7, 11) is 0. The standard InChI is InChI=1S/C14H23N3/c1-12(17-9-4-7-16-8-10-17)11-13-5-2-3-6-14(13)15/h2-3,5-6,12,16H,4,7-11,15H2,1H3. The molecule has 2 rings (SSSR count). The molecule has 0 saturated carbocycles. The molecular weight excluding hydrogens is 210 g/mol. The number of hydrogen-bond acceptors (Lipinski definition) is 3. The number of nitrogens with one attached hydrogen (secondary N) is 1. The molecule has 0 aromatic heterocycles. The Kier molecular flexibility index (Phi) is 4.40.